The van der Waals surface area contributed by atoms with Crippen molar-refractivity contribution in [2.24, 2.45) is 0 Å². The fraction of sp³-hybridized carbons (Fsp3) is 0.406. The number of unbranched alkanes of at least 4 members (excludes halogenated alkanes) is 1. The van der Waals surface area contributed by atoms with Crippen molar-refractivity contribution in [1.82, 2.24) is 9.55 Å². The fourth-order valence-corrected chi connectivity index (χ4v) is 4.56. The summed E-state index contributed by atoms with van der Waals surface area (Å²) in [5.41, 5.74) is 5.99. The lowest BCUT2D eigenvalue weighted by Gasteiger charge is -2.16. The molecule has 4 rings (SSSR count). The number of aryl methyl sites for hydroxylation is 2. The molecule has 0 N–H and O–H groups in total. The Labute approximate surface area is 216 Å². The van der Waals surface area contributed by atoms with Gasteiger partial charge in [0, 0.05) is 6.54 Å². The minimum atomic E-state index is 0.408. The molecule has 0 spiro atoms. The third-order valence-electron chi connectivity index (χ3n) is 6.99. The van der Waals surface area contributed by atoms with Crippen LogP contribution in [0.25, 0.3) is 11.0 Å². The summed E-state index contributed by atoms with van der Waals surface area (Å²) in [7, 11) is 0. The van der Waals surface area contributed by atoms with Gasteiger partial charge in [-0.15, -0.1) is 0 Å². The fourth-order valence-electron chi connectivity index (χ4n) is 4.56. The number of rotatable bonds is 12. The van der Waals surface area contributed by atoms with Crippen LogP contribution in [0.3, 0.4) is 0 Å². The van der Waals surface area contributed by atoms with Gasteiger partial charge in [-0.25, -0.2) is 4.98 Å². The molecule has 1 unspecified atom stereocenters. The van der Waals surface area contributed by atoms with Crippen LogP contribution < -0.4 is 9.47 Å². The van der Waals surface area contributed by atoms with Crippen molar-refractivity contribution < 1.29 is 9.47 Å². The maximum atomic E-state index is 6.35. The van der Waals surface area contributed by atoms with Gasteiger partial charge in [0.2, 0.25) is 0 Å². The largest absolute Gasteiger partial charge is 0.494 e. The third-order valence-corrected chi connectivity index (χ3v) is 6.99. The van der Waals surface area contributed by atoms with Crippen LogP contribution in [0, 0.1) is 6.92 Å². The highest BCUT2D eigenvalue weighted by molar-refractivity contribution is 5.75. The van der Waals surface area contributed by atoms with E-state index in [2.05, 4.69) is 99.8 Å². The lowest BCUT2D eigenvalue weighted by molar-refractivity contribution is 0.282. The summed E-state index contributed by atoms with van der Waals surface area (Å²) < 4.78 is 14.7. The summed E-state index contributed by atoms with van der Waals surface area (Å²) in [6, 6.07) is 23.4. The Bertz CT molecular complexity index is 1260. The molecule has 1 aromatic heterocycles. The molecule has 4 heteroatoms. The predicted octanol–water partition coefficient (Wildman–Crippen LogP) is 8.42. The second-order valence-corrected chi connectivity index (χ2v) is 10.1. The minimum absolute atomic E-state index is 0.408. The van der Waals surface area contributed by atoms with Gasteiger partial charge in [-0.05, 0) is 85.0 Å². The summed E-state index contributed by atoms with van der Waals surface area (Å²) in [5, 5.41) is 0. The van der Waals surface area contributed by atoms with Crippen molar-refractivity contribution in [3.05, 3.63) is 89.2 Å². The number of nitrogens with zero attached hydrogens (tertiary/aromatic N) is 2. The van der Waals surface area contributed by atoms with Crippen LogP contribution in [0.2, 0.25) is 0 Å². The van der Waals surface area contributed by atoms with E-state index in [4.69, 9.17) is 14.5 Å². The number of aromatic nitrogens is 2. The number of benzene rings is 3. The van der Waals surface area contributed by atoms with E-state index < -0.39 is 0 Å². The summed E-state index contributed by atoms with van der Waals surface area (Å²) in [4.78, 5) is 4.91. The molecule has 3 aromatic carbocycles. The molecule has 0 aliphatic carbocycles. The molecule has 1 atom stereocenters. The minimum Gasteiger partial charge on any atom is -0.494 e. The Morgan fingerprint density at radius 2 is 1.67 bits per heavy atom. The average molecular weight is 485 g/mol. The van der Waals surface area contributed by atoms with Gasteiger partial charge in [0.15, 0.2) is 0 Å². The first-order valence-electron chi connectivity index (χ1n) is 13.4. The first-order valence-corrected chi connectivity index (χ1v) is 13.4. The number of imidazole rings is 1. The summed E-state index contributed by atoms with van der Waals surface area (Å²) in [6.07, 6.45) is 3.15. The van der Waals surface area contributed by atoms with Crippen LogP contribution in [0.15, 0.2) is 66.7 Å². The van der Waals surface area contributed by atoms with E-state index in [1.807, 2.05) is 6.07 Å². The molecular formula is C32H40N2O2. The molecule has 0 amide bonds. The van der Waals surface area contributed by atoms with E-state index in [1.165, 1.54) is 16.7 Å². The quantitative estimate of drug-likeness (QED) is 0.189. The van der Waals surface area contributed by atoms with Crippen LogP contribution in [-0.2, 0) is 13.2 Å². The van der Waals surface area contributed by atoms with Crippen LogP contribution in [0.4, 0.5) is 0 Å². The maximum absolute atomic E-state index is 6.35. The molecule has 36 heavy (non-hydrogen) atoms. The van der Waals surface area contributed by atoms with E-state index >= 15 is 0 Å². The van der Waals surface area contributed by atoms with E-state index in [-0.39, 0.29) is 0 Å². The standard InChI is InChI=1S/C32H40N2O2/c1-6-25(5)26-14-16-27(17-15-26)35-20-10-9-19-34-30-12-8-7-11-29(30)33-32(34)22-36-31-21-24(4)13-18-28(31)23(2)3/h7-8,11-18,21,23,25H,6,9-10,19-20,22H2,1-5H3. The molecule has 0 saturated carbocycles. The Balaban J connectivity index is 1.38. The molecule has 0 aliphatic heterocycles. The van der Waals surface area contributed by atoms with Crippen LogP contribution >= 0.6 is 0 Å². The summed E-state index contributed by atoms with van der Waals surface area (Å²) in [6.45, 7) is 13.1. The molecule has 0 radical (unpaired) electrons. The van der Waals surface area contributed by atoms with Gasteiger partial charge in [-0.2, -0.15) is 0 Å². The van der Waals surface area contributed by atoms with E-state index in [0.29, 0.717) is 25.0 Å². The zero-order valence-corrected chi connectivity index (χ0v) is 22.5. The van der Waals surface area contributed by atoms with E-state index in [0.717, 1.165) is 54.2 Å². The Hall–Kier alpha value is -3.27. The third kappa shape index (κ3) is 6.29. The second-order valence-electron chi connectivity index (χ2n) is 10.1. The normalized spacial score (nSPS) is 12.3. The number of hydrogen-bond acceptors (Lipinski definition) is 3. The predicted molar refractivity (Wildman–Crippen MR) is 149 cm³/mol. The molecule has 0 aliphatic rings. The lowest BCUT2D eigenvalue weighted by Crippen LogP contribution is -2.09. The smallest absolute Gasteiger partial charge is 0.147 e. The lowest BCUT2D eigenvalue weighted by atomic mass is 9.99. The van der Waals surface area contributed by atoms with Crippen molar-refractivity contribution in [2.75, 3.05) is 6.61 Å². The van der Waals surface area contributed by atoms with Gasteiger partial charge in [0.25, 0.3) is 0 Å². The number of para-hydroxylation sites is 2. The molecule has 190 valence electrons. The average Bonchev–Trinajstić information content (AvgIpc) is 3.24. The molecule has 4 nitrogen and oxygen atoms in total. The van der Waals surface area contributed by atoms with Crippen molar-refractivity contribution in [1.29, 1.82) is 0 Å². The molecule has 0 saturated heterocycles. The van der Waals surface area contributed by atoms with Gasteiger partial charge >= 0.3 is 0 Å². The molecule has 0 fully saturated rings. The number of fused-ring (bicyclic) bond motifs is 1. The summed E-state index contributed by atoms with van der Waals surface area (Å²) >= 11 is 0. The second kappa shape index (κ2) is 12.1. The number of hydrogen-bond donors (Lipinski definition) is 0. The molecule has 0 bridgehead atoms. The monoisotopic (exact) mass is 484 g/mol. The van der Waals surface area contributed by atoms with Crippen molar-refractivity contribution >= 4 is 11.0 Å². The van der Waals surface area contributed by atoms with Crippen molar-refractivity contribution in [3.63, 3.8) is 0 Å². The molecule has 1 heterocycles. The van der Waals surface area contributed by atoms with Crippen LogP contribution in [0.5, 0.6) is 11.5 Å². The Morgan fingerprint density at radius 1 is 0.889 bits per heavy atom. The van der Waals surface area contributed by atoms with E-state index in [1.54, 1.807) is 0 Å². The van der Waals surface area contributed by atoms with Gasteiger partial charge < -0.3 is 14.0 Å². The van der Waals surface area contributed by atoms with Gasteiger partial charge in [-0.3, -0.25) is 0 Å². The SMILES string of the molecule is CCC(C)c1ccc(OCCCCn2c(COc3cc(C)ccc3C(C)C)nc3ccccc32)cc1. The van der Waals surface area contributed by atoms with Crippen molar-refractivity contribution in [2.45, 2.75) is 78.9 Å². The van der Waals surface area contributed by atoms with Crippen LogP contribution in [0.1, 0.15) is 81.3 Å². The number of ether oxygens (including phenoxy) is 2. The van der Waals surface area contributed by atoms with Gasteiger partial charge in [0.1, 0.15) is 23.9 Å². The Morgan fingerprint density at radius 3 is 2.42 bits per heavy atom. The Kier molecular flexibility index (Phi) is 8.69. The zero-order valence-electron chi connectivity index (χ0n) is 22.5. The molecule has 4 aromatic rings. The summed E-state index contributed by atoms with van der Waals surface area (Å²) in [5.74, 6) is 3.87. The zero-order chi connectivity index (χ0) is 25.5. The maximum Gasteiger partial charge on any atom is 0.147 e. The first kappa shape index (κ1) is 25.8. The first-order chi connectivity index (χ1) is 17.5. The highest BCUT2D eigenvalue weighted by atomic mass is 16.5. The highest BCUT2D eigenvalue weighted by Crippen LogP contribution is 2.29. The topological polar surface area (TPSA) is 36.3 Å². The highest BCUT2D eigenvalue weighted by Gasteiger charge is 2.14. The van der Waals surface area contributed by atoms with Gasteiger partial charge in [-0.1, -0.05) is 64.1 Å². The van der Waals surface area contributed by atoms with E-state index in [9.17, 15) is 0 Å². The van der Waals surface area contributed by atoms with Crippen LogP contribution in [-0.4, -0.2) is 16.2 Å². The van der Waals surface area contributed by atoms with Gasteiger partial charge in [0.05, 0.1) is 17.6 Å². The molecular weight excluding hydrogens is 444 g/mol. The van der Waals surface area contributed by atoms with Crippen molar-refractivity contribution in [3.8, 4) is 11.5 Å².